The molecule has 3 nitrogen and oxygen atoms in total. The highest BCUT2D eigenvalue weighted by atomic mass is 16.5. The summed E-state index contributed by atoms with van der Waals surface area (Å²) in [6, 6.07) is 0. The number of carbonyl (C=O) groups excluding carboxylic acids is 2. The Balaban J connectivity index is 2.67. The monoisotopic (exact) mass is 222 g/mol. The highest BCUT2D eigenvalue weighted by Crippen LogP contribution is 2.31. The average Bonchev–Trinajstić information content (AvgIpc) is 2.26. The third-order valence-electron chi connectivity index (χ3n) is 3.02. The molecule has 1 aliphatic carbocycles. The second-order valence-electron chi connectivity index (χ2n) is 4.09. The van der Waals surface area contributed by atoms with E-state index in [4.69, 9.17) is 11.2 Å². The van der Waals surface area contributed by atoms with Crippen LogP contribution in [-0.4, -0.2) is 18.4 Å². The number of esters is 1. The summed E-state index contributed by atoms with van der Waals surface area (Å²) < 4.78 is 4.95. The fourth-order valence-corrected chi connectivity index (χ4v) is 2.26. The lowest BCUT2D eigenvalue weighted by Crippen LogP contribution is -2.36. The van der Waals surface area contributed by atoms with Crippen LogP contribution in [0.5, 0.6) is 0 Å². The van der Waals surface area contributed by atoms with E-state index in [9.17, 15) is 9.59 Å². The predicted molar refractivity (Wildman–Crippen MR) is 60.5 cm³/mol. The summed E-state index contributed by atoms with van der Waals surface area (Å²) in [6.07, 6.45) is 8.83. The van der Waals surface area contributed by atoms with Crippen molar-refractivity contribution in [3.05, 3.63) is 0 Å². The third-order valence-corrected chi connectivity index (χ3v) is 3.02. The summed E-state index contributed by atoms with van der Waals surface area (Å²) in [5.74, 6) is 1.72. The van der Waals surface area contributed by atoms with Gasteiger partial charge in [0.1, 0.15) is 11.7 Å². The second-order valence-corrected chi connectivity index (χ2v) is 4.09. The van der Waals surface area contributed by atoms with E-state index in [2.05, 4.69) is 5.92 Å². The lowest BCUT2D eigenvalue weighted by Gasteiger charge is -2.28. The van der Waals surface area contributed by atoms with Crippen molar-refractivity contribution in [2.45, 2.75) is 39.0 Å². The summed E-state index contributed by atoms with van der Waals surface area (Å²) in [6.45, 7) is 2.08. The number of Topliss-reactive ketones (excluding diaryl/α,β-unsaturated/α-hetero) is 1. The number of ether oxygens (including phenoxy) is 1. The SMILES string of the molecule is C#CCCC1CCCC(=O)C1C(=O)OCC. The van der Waals surface area contributed by atoms with Crippen molar-refractivity contribution in [2.75, 3.05) is 6.61 Å². The lowest BCUT2D eigenvalue weighted by molar-refractivity contribution is -0.155. The van der Waals surface area contributed by atoms with Crippen LogP contribution in [0.25, 0.3) is 0 Å². The summed E-state index contributed by atoms with van der Waals surface area (Å²) in [5, 5.41) is 0. The van der Waals surface area contributed by atoms with Gasteiger partial charge in [0.25, 0.3) is 0 Å². The molecule has 0 saturated heterocycles. The van der Waals surface area contributed by atoms with Crippen LogP contribution in [0, 0.1) is 24.2 Å². The second kappa shape index (κ2) is 6.32. The van der Waals surface area contributed by atoms with Crippen molar-refractivity contribution in [1.29, 1.82) is 0 Å². The average molecular weight is 222 g/mol. The zero-order chi connectivity index (χ0) is 12.0. The van der Waals surface area contributed by atoms with Gasteiger partial charge in [0, 0.05) is 12.8 Å². The molecule has 0 bridgehead atoms. The predicted octanol–water partition coefficient (Wildman–Crippen LogP) is 1.95. The Hall–Kier alpha value is -1.30. The number of hydrogen-bond donors (Lipinski definition) is 0. The Morgan fingerprint density at radius 3 is 3.00 bits per heavy atom. The van der Waals surface area contributed by atoms with E-state index >= 15 is 0 Å². The van der Waals surface area contributed by atoms with Gasteiger partial charge < -0.3 is 4.74 Å². The molecule has 0 heterocycles. The highest BCUT2D eigenvalue weighted by Gasteiger charge is 2.37. The quantitative estimate of drug-likeness (QED) is 0.415. The molecule has 16 heavy (non-hydrogen) atoms. The molecule has 1 saturated carbocycles. The molecule has 2 atom stereocenters. The fourth-order valence-electron chi connectivity index (χ4n) is 2.26. The van der Waals surface area contributed by atoms with Gasteiger partial charge in [0.15, 0.2) is 0 Å². The van der Waals surface area contributed by atoms with Crippen molar-refractivity contribution >= 4 is 11.8 Å². The van der Waals surface area contributed by atoms with E-state index in [0.29, 0.717) is 19.4 Å². The van der Waals surface area contributed by atoms with Crippen molar-refractivity contribution in [3.63, 3.8) is 0 Å². The molecular weight excluding hydrogens is 204 g/mol. The normalized spacial score (nSPS) is 24.9. The first-order valence-corrected chi connectivity index (χ1v) is 5.83. The third kappa shape index (κ3) is 3.10. The van der Waals surface area contributed by atoms with Crippen LogP contribution in [0.2, 0.25) is 0 Å². The zero-order valence-electron chi connectivity index (χ0n) is 9.70. The number of ketones is 1. The van der Waals surface area contributed by atoms with Crippen LogP contribution in [0.3, 0.4) is 0 Å². The summed E-state index contributed by atoms with van der Waals surface area (Å²) >= 11 is 0. The summed E-state index contributed by atoms with van der Waals surface area (Å²) in [4.78, 5) is 23.4. The van der Waals surface area contributed by atoms with Crippen LogP contribution in [0.15, 0.2) is 0 Å². The maximum absolute atomic E-state index is 11.7. The maximum atomic E-state index is 11.7. The first-order valence-electron chi connectivity index (χ1n) is 5.83. The van der Waals surface area contributed by atoms with E-state index in [1.54, 1.807) is 6.92 Å². The molecule has 0 aromatic carbocycles. The smallest absolute Gasteiger partial charge is 0.316 e. The van der Waals surface area contributed by atoms with Crippen LogP contribution in [-0.2, 0) is 14.3 Å². The van der Waals surface area contributed by atoms with Crippen LogP contribution < -0.4 is 0 Å². The largest absolute Gasteiger partial charge is 0.465 e. The standard InChI is InChI=1S/C13H18O3/c1-3-5-7-10-8-6-9-11(14)12(10)13(15)16-4-2/h1,10,12H,4-9H2,2H3. The van der Waals surface area contributed by atoms with E-state index in [0.717, 1.165) is 19.3 Å². The molecule has 0 radical (unpaired) electrons. The number of carbonyl (C=O) groups is 2. The van der Waals surface area contributed by atoms with Gasteiger partial charge in [-0.25, -0.2) is 0 Å². The van der Waals surface area contributed by atoms with Gasteiger partial charge in [-0.1, -0.05) is 0 Å². The Labute approximate surface area is 96.5 Å². The van der Waals surface area contributed by atoms with Crippen molar-refractivity contribution in [2.24, 2.45) is 11.8 Å². The molecule has 0 amide bonds. The van der Waals surface area contributed by atoms with Gasteiger partial charge in [-0.05, 0) is 32.1 Å². The van der Waals surface area contributed by atoms with E-state index in [1.165, 1.54) is 0 Å². The van der Waals surface area contributed by atoms with Gasteiger partial charge >= 0.3 is 5.97 Å². The maximum Gasteiger partial charge on any atom is 0.316 e. The minimum absolute atomic E-state index is 0.0201. The number of hydrogen-bond acceptors (Lipinski definition) is 3. The summed E-state index contributed by atoms with van der Waals surface area (Å²) in [7, 11) is 0. The highest BCUT2D eigenvalue weighted by molar-refractivity contribution is 5.99. The first-order chi connectivity index (χ1) is 7.70. The molecule has 1 fully saturated rings. The van der Waals surface area contributed by atoms with Gasteiger partial charge in [-0.15, -0.1) is 12.3 Å². The van der Waals surface area contributed by atoms with E-state index in [1.807, 2.05) is 0 Å². The molecular formula is C13H18O3. The van der Waals surface area contributed by atoms with Crippen molar-refractivity contribution < 1.29 is 14.3 Å². The molecule has 88 valence electrons. The van der Waals surface area contributed by atoms with Gasteiger partial charge in [0.2, 0.25) is 0 Å². The molecule has 0 aromatic heterocycles. The van der Waals surface area contributed by atoms with Crippen molar-refractivity contribution in [1.82, 2.24) is 0 Å². The van der Waals surface area contributed by atoms with Gasteiger partial charge in [0.05, 0.1) is 6.61 Å². The van der Waals surface area contributed by atoms with Crippen LogP contribution >= 0.6 is 0 Å². The minimum Gasteiger partial charge on any atom is -0.465 e. The molecule has 0 N–H and O–H groups in total. The minimum atomic E-state index is -0.568. The van der Waals surface area contributed by atoms with Crippen LogP contribution in [0.1, 0.15) is 39.0 Å². The summed E-state index contributed by atoms with van der Waals surface area (Å²) in [5.41, 5.74) is 0. The Bertz CT molecular complexity index is 301. The Morgan fingerprint density at radius 2 is 2.38 bits per heavy atom. The fraction of sp³-hybridized carbons (Fsp3) is 0.692. The molecule has 3 heteroatoms. The van der Waals surface area contributed by atoms with Gasteiger partial charge in [-0.2, -0.15) is 0 Å². The Morgan fingerprint density at radius 1 is 1.62 bits per heavy atom. The van der Waals surface area contributed by atoms with E-state index in [-0.39, 0.29) is 17.7 Å². The number of terminal acetylenes is 1. The molecule has 0 aliphatic heterocycles. The van der Waals surface area contributed by atoms with Gasteiger partial charge in [-0.3, -0.25) is 9.59 Å². The molecule has 2 unspecified atom stereocenters. The number of rotatable bonds is 4. The molecule has 1 rings (SSSR count). The lowest BCUT2D eigenvalue weighted by atomic mass is 9.76. The zero-order valence-corrected chi connectivity index (χ0v) is 9.70. The van der Waals surface area contributed by atoms with Crippen molar-refractivity contribution in [3.8, 4) is 12.3 Å². The molecule has 0 aromatic rings. The topological polar surface area (TPSA) is 43.4 Å². The first kappa shape index (κ1) is 12.8. The van der Waals surface area contributed by atoms with Crippen LogP contribution in [0.4, 0.5) is 0 Å². The van der Waals surface area contributed by atoms with E-state index < -0.39 is 5.92 Å². The Kier molecular flexibility index (Phi) is 5.04. The molecule has 0 spiro atoms. The molecule has 1 aliphatic rings.